The largest absolute Gasteiger partial charge is 0.350 e. The van der Waals surface area contributed by atoms with Gasteiger partial charge in [0.25, 0.3) is 5.91 Å². The number of benzene rings is 1. The molecule has 0 aliphatic heterocycles. The molecule has 1 amide bonds. The van der Waals surface area contributed by atoms with Crippen molar-refractivity contribution in [3.05, 3.63) is 76.2 Å². The van der Waals surface area contributed by atoms with Gasteiger partial charge in [-0.05, 0) is 36.6 Å². The number of aryl methyl sites for hydroxylation is 1. The second-order valence-electron chi connectivity index (χ2n) is 5.09. The summed E-state index contributed by atoms with van der Waals surface area (Å²) in [6.45, 7) is 2.52. The molecule has 112 valence electrons. The summed E-state index contributed by atoms with van der Waals surface area (Å²) in [5, 5.41) is 9.34. The fourth-order valence-corrected chi connectivity index (χ4v) is 3.09. The molecule has 0 aliphatic rings. The summed E-state index contributed by atoms with van der Waals surface area (Å²) < 4.78 is 1.88. The first-order valence-electron chi connectivity index (χ1n) is 7.11. The van der Waals surface area contributed by atoms with Crippen LogP contribution in [0.4, 0.5) is 0 Å². The van der Waals surface area contributed by atoms with Gasteiger partial charge < -0.3 is 5.32 Å². The molecule has 0 saturated carbocycles. The van der Waals surface area contributed by atoms with Gasteiger partial charge in [-0.2, -0.15) is 5.10 Å². The molecule has 22 heavy (non-hydrogen) atoms. The van der Waals surface area contributed by atoms with Gasteiger partial charge in [0.05, 0.1) is 0 Å². The molecule has 5 heteroatoms. The van der Waals surface area contributed by atoms with E-state index in [4.69, 9.17) is 0 Å². The van der Waals surface area contributed by atoms with E-state index >= 15 is 0 Å². The van der Waals surface area contributed by atoms with Gasteiger partial charge in [-0.3, -0.25) is 9.48 Å². The predicted octanol–water partition coefficient (Wildman–Crippen LogP) is 3.27. The highest BCUT2D eigenvalue weighted by atomic mass is 32.1. The van der Waals surface area contributed by atoms with E-state index < -0.39 is 0 Å². The number of hydrogen-bond acceptors (Lipinski definition) is 3. The highest BCUT2D eigenvalue weighted by Gasteiger charge is 2.16. The standard InChI is InChI=1S/C17H17N3OS/c1-13-5-7-14(8-6-13)17(21)18-12-15(16-4-2-11-22-16)20-10-3-9-19-20/h2-11,15H,12H2,1H3,(H,18,21). The van der Waals surface area contributed by atoms with Crippen molar-refractivity contribution in [3.63, 3.8) is 0 Å². The summed E-state index contributed by atoms with van der Waals surface area (Å²) in [6, 6.07) is 13.6. The zero-order valence-corrected chi connectivity index (χ0v) is 13.1. The fourth-order valence-electron chi connectivity index (χ4n) is 2.27. The Balaban J connectivity index is 1.72. The van der Waals surface area contributed by atoms with Crippen LogP contribution in [0.1, 0.15) is 26.8 Å². The number of carbonyl (C=O) groups excluding carboxylic acids is 1. The molecule has 2 heterocycles. The van der Waals surface area contributed by atoms with Crippen LogP contribution in [0.3, 0.4) is 0 Å². The van der Waals surface area contributed by atoms with Gasteiger partial charge in [0.1, 0.15) is 6.04 Å². The minimum Gasteiger partial charge on any atom is -0.350 e. The van der Waals surface area contributed by atoms with E-state index in [1.54, 1.807) is 17.5 Å². The Labute approximate surface area is 133 Å². The van der Waals surface area contributed by atoms with Gasteiger partial charge in [-0.1, -0.05) is 23.8 Å². The first-order chi connectivity index (χ1) is 10.7. The molecule has 1 atom stereocenters. The number of nitrogens with one attached hydrogen (secondary N) is 1. The van der Waals surface area contributed by atoms with E-state index in [0.717, 1.165) is 5.56 Å². The summed E-state index contributed by atoms with van der Waals surface area (Å²) in [5.74, 6) is -0.0614. The van der Waals surface area contributed by atoms with Crippen molar-refractivity contribution in [1.82, 2.24) is 15.1 Å². The van der Waals surface area contributed by atoms with Crippen LogP contribution in [0.2, 0.25) is 0 Å². The lowest BCUT2D eigenvalue weighted by atomic mass is 10.1. The Kier molecular flexibility index (Phi) is 4.34. The Hall–Kier alpha value is -2.40. The third-order valence-electron chi connectivity index (χ3n) is 3.49. The van der Waals surface area contributed by atoms with Crippen LogP contribution in [0.15, 0.2) is 60.2 Å². The van der Waals surface area contributed by atoms with Crippen molar-refractivity contribution in [1.29, 1.82) is 0 Å². The minimum atomic E-state index is -0.0614. The lowest BCUT2D eigenvalue weighted by Crippen LogP contribution is -2.31. The summed E-state index contributed by atoms with van der Waals surface area (Å²) in [6.07, 6.45) is 3.67. The summed E-state index contributed by atoms with van der Waals surface area (Å²) in [7, 11) is 0. The van der Waals surface area contributed by atoms with E-state index in [0.29, 0.717) is 12.1 Å². The van der Waals surface area contributed by atoms with Crippen LogP contribution in [0.25, 0.3) is 0 Å². The highest BCUT2D eigenvalue weighted by Crippen LogP contribution is 2.22. The molecule has 3 rings (SSSR count). The van der Waals surface area contributed by atoms with Crippen LogP contribution >= 0.6 is 11.3 Å². The number of aromatic nitrogens is 2. The van der Waals surface area contributed by atoms with Gasteiger partial charge >= 0.3 is 0 Å². The first kappa shape index (κ1) is 14.5. The van der Waals surface area contributed by atoms with Crippen LogP contribution < -0.4 is 5.32 Å². The molecule has 0 saturated heterocycles. The maximum Gasteiger partial charge on any atom is 0.251 e. The molecule has 1 N–H and O–H groups in total. The van der Waals surface area contributed by atoms with E-state index in [9.17, 15) is 4.79 Å². The van der Waals surface area contributed by atoms with Crippen molar-refractivity contribution >= 4 is 17.2 Å². The zero-order chi connectivity index (χ0) is 15.4. The lowest BCUT2D eigenvalue weighted by molar-refractivity contribution is 0.0949. The van der Waals surface area contributed by atoms with Gasteiger partial charge in [0, 0.05) is 29.4 Å². The van der Waals surface area contributed by atoms with E-state index in [2.05, 4.69) is 16.5 Å². The molecule has 3 aromatic rings. The van der Waals surface area contributed by atoms with Crippen LogP contribution in [-0.2, 0) is 0 Å². The molecule has 0 aliphatic carbocycles. The normalized spacial score (nSPS) is 12.0. The molecule has 4 nitrogen and oxygen atoms in total. The lowest BCUT2D eigenvalue weighted by Gasteiger charge is -2.17. The molecule has 0 radical (unpaired) electrons. The summed E-state index contributed by atoms with van der Waals surface area (Å²) in [4.78, 5) is 13.4. The van der Waals surface area contributed by atoms with E-state index in [-0.39, 0.29) is 11.9 Å². The topological polar surface area (TPSA) is 46.9 Å². The molecule has 0 fully saturated rings. The number of rotatable bonds is 5. The molecular formula is C17H17N3OS. The Bertz CT molecular complexity index is 684. The quantitative estimate of drug-likeness (QED) is 0.786. The van der Waals surface area contributed by atoms with Crippen molar-refractivity contribution in [3.8, 4) is 0 Å². The summed E-state index contributed by atoms with van der Waals surface area (Å²) in [5.41, 5.74) is 1.82. The second kappa shape index (κ2) is 6.58. The van der Waals surface area contributed by atoms with Crippen molar-refractivity contribution < 1.29 is 4.79 Å². The highest BCUT2D eigenvalue weighted by molar-refractivity contribution is 7.10. The predicted molar refractivity (Wildman–Crippen MR) is 88.2 cm³/mol. The number of nitrogens with zero attached hydrogens (tertiary/aromatic N) is 2. The molecule has 0 spiro atoms. The number of amides is 1. The monoisotopic (exact) mass is 311 g/mol. The van der Waals surface area contributed by atoms with Gasteiger partial charge in [0.15, 0.2) is 0 Å². The van der Waals surface area contributed by atoms with Crippen LogP contribution in [0.5, 0.6) is 0 Å². The van der Waals surface area contributed by atoms with E-state index in [1.807, 2.05) is 59.6 Å². The fraction of sp³-hybridized carbons (Fsp3) is 0.176. The number of hydrogen-bond donors (Lipinski definition) is 1. The van der Waals surface area contributed by atoms with Gasteiger partial charge in [0.2, 0.25) is 0 Å². The second-order valence-corrected chi connectivity index (χ2v) is 6.07. The Morgan fingerprint density at radius 1 is 1.27 bits per heavy atom. The van der Waals surface area contributed by atoms with Crippen molar-refractivity contribution in [2.45, 2.75) is 13.0 Å². The number of thiophene rings is 1. The minimum absolute atomic E-state index is 0.0180. The van der Waals surface area contributed by atoms with Crippen molar-refractivity contribution in [2.75, 3.05) is 6.54 Å². The molecule has 1 aromatic carbocycles. The molecule has 1 unspecified atom stereocenters. The number of carbonyl (C=O) groups is 1. The zero-order valence-electron chi connectivity index (χ0n) is 12.3. The van der Waals surface area contributed by atoms with E-state index in [1.165, 1.54) is 4.88 Å². The van der Waals surface area contributed by atoms with Crippen LogP contribution in [-0.4, -0.2) is 22.2 Å². The van der Waals surface area contributed by atoms with Gasteiger partial charge in [-0.15, -0.1) is 11.3 Å². The average molecular weight is 311 g/mol. The average Bonchev–Trinajstić information content (AvgIpc) is 3.22. The third-order valence-corrected chi connectivity index (χ3v) is 4.46. The Morgan fingerprint density at radius 2 is 2.09 bits per heavy atom. The molecule has 0 bridgehead atoms. The van der Waals surface area contributed by atoms with Gasteiger partial charge in [-0.25, -0.2) is 0 Å². The maximum atomic E-state index is 12.3. The molecular weight excluding hydrogens is 294 g/mol. The third kappa shape index (κ3) is 3.26. The molecule has 2 aromatic heterocycles. The smallest absolute Gasteiger partial charge is 0.251 e. The first-order valence-corrected chi connectivity index (χ1v) is 7.99. The van der Waals surface area contributed by atoms with Crippen LogP contribution in [0, 0.1) is 6.92 Å². The SMILES string of the molecule is Cc1ccc(C(=O)NCC(c2cccs2)n2cccn2)cc1. The Morgan fingerprint density at radius 3 is 2.73 bits per heavy atom. The van der Waals surface area contributed by atoms with Crippen molar-refractivity contribution in [2.24, 2.45) is 0 Å². The summed E-state index contributed by atoms with van der Waals surface area (Å²) >= 11 is 1.67. The maximum absolute atomic E-state index is 12.3.